The van der Waals surface area contributed by atoms with E-state index in [1.165, 1.54) is 0 Å². The highest BCUT2D eigenvalue weighted by Crippen LogP contribution is 2.33. The van der Waals surface area contributed by atoms with Crippen molar-refractivity contribution in [3.8, 4) is 0 Å². The van der Waals surface area contributed by atoms with E-state index >= 15 is 0 Å². The number of carbonyl (C=O) groups excluding carboxylic acids is 1. The second kappa shape index (κ2) is 5.19. The van der Waals surface area contributed by atoms with Crippen molar-refractivity contribution in [2.45, 2.75) is 31.8 Å². The fourth-order valence-electron chi connectivity index (χ4n) is 2.44. The van der Waals surface area contributed by atoms with Gasteiger partial charge in [0.1, 0.15) is 0 Å². The van der Waals surface area contributed by atoms with Crippen LogP contribution in [0.2, 0.25) is 0 Å². The molecule has 1 aliphatic heterocycles. The number of benzene rings is 1. The molecule has 0 aliphatic carbocycles. The molecule has 1 fully saturated rings. The van der Waals surface area contributed by atoms with Gasteiger partial charge < -0.3 is 10.6 Å². The van der Waals surface area contributed by atoms with Crippen LogP contribution in [0.15, 0.2) is 28.7 Å². The van der Waals surface area contributed by atoms with Gasteiger partial charge >= 0.3 is 0 Å². The van der Waals surface area contributed by atoms with Crippen LogP contribution in [0.3, 0.4) is 0 Å². The van der Waals surface area contributed by atoms with Gasteiger partial charge in [0.2, 0.25) is 5.91 Å². The Labute approximate surface area is 110 Å². The van der Waals surface area contributed by atoms with E-state index in [1.54, 1.807) is 0 Å². The SMILES string of the molecule is CCCN1C(=O)CC(N)C1c1cccc(Br)c1. The number of hydrogen-bond donors (Lipinski definition) is 1. The highest BCUT2D eigenvalue weighted by atomic mass is 79.9. The predicted octanol–water partition coefficient (Wildman–Crippen LogP) is 2.46. The molecule has 3 nitrogen and oxygen atoms in total. The summed E-state index contributed by atoms with van der Waals surface area (Å²) in [6.45, 7) is 2.86. The Morgan fingerprint density at radius 1 is 1.53 bits per heavy atom. The van der Waals surface area contributed by atoms with Crippen molar-refractivity contribution < 1.29 is 4.79 Å². The van der Waals surface area contributed by atoms with Crippen molar-refractivity contribution in [3.05, 3.63) is 34.3 Å². The maximum atomic E-state index is 11.9. The van der Waals surface area contributed by atoms with Crippen molar-refractivity contribution in [2.24, 2.45) is 5.73 Å². The fraction of sp³-hybridized carbons (Fsp3) is 0.462. The number of rotatable bonds is 3. The minimum atomic E-state index is -0.0941. The summed E-state index contributed by atoms with van der Waals surface area (Å²) < 4.78 is 1.03. The lowest BCUT2D eigenvalue weighted by atomic mass is 10.0. The standard InChI is InChI=1S/C13H17BrN2O/c1-2-6-16-12(17)8-11(15)13(16)9-4-3-5-10(14)7-9/h3-5,7,11,13H,2,6,8,15H2,1H3. The zero-order valence-electron chi connectivity index (χ0n) is 9.90. The Hall–Kier alpha value is -0.870. The molecule has 2 N–H and O–H groups in total. The summed E-state index contributed by atoms with van der Waals surface area (Å²) in [6.07, 6.45) is 1.42. The first kappa shape index (κ1) is 12.6. The van der Waals surface area contributed by atoms with Crippen LogP contribution in [0.4, 0.5) is 0 Å². The van der Waals surface area contributed by atoms with Crippen molar-refractivity contribution >= 4 is 21.8 Å². The number of hydrogen-bond acceptors (Lipinski definition) is 2. The average molecular weight is 297 g/mol. The molecule has 0 saturated carbocycles. The lowest BCUT2D eigenvalue weighted by molar-refractivity contribution is -0.129. The molecule has 1 saturated heterocycles. The minimum Gasteiger partial charge on any atom is -0.334 e. The lowest BCUT2D eigenvalue weighted by Gasteiger charge is -2.27. The van der Waals surface area contributed by atoms with Gasteiger partial charge in [-0.25, -0.2) is 0 Å². The van der Waals surface area contributed by atoms with Crippen LogP contribution >= 0.6 is 15.9 Å². The van der Waals surface area contributed by atoms with Gasteiger partial charge in [0.25, 0.3) is 0 Å². The number of amides is 1. The summed E-state index contributed by atoms with van der Waals surface area (Å²) >= 11 is 3.46. The quantitative estimate of drug-likeness (QED) is 0.931. The van der Waals surface area contributed by atoms with Gasteiger partial charge in [0, 0.05) is 23.5 Å². The molecular weight excluding hydrogens is 280 g/mol. The van der Waals surface area contributed by atoms with E-state index in [1.807, 2.05) is 29.2 Å². The van der Waals surface area contributed by atoms with Crippen molar-refractivity contribution in [3.63, 3.8) is 0 Å². The number of halogens is 1. The number of likely N-dealkylation sites (tertiary alicyclic amines) is 1. The Balaban J connectivity index is 2.31. The van der Waals surface area contributed by atoms with Crippen molar-refractivity contribution in [1.82, 2.24) is 4.90 Å². The Kier molecular flexibility index (Phi) is 3.84. The van der Waals surface area contributed by atoms with E-state index in [9.17, 15) is 4.79 Å². The van der Waals surface area contributed by atoms with Gasteiger partial charge in [-0.2, -0.15) is 0 Å². The second-order valence-electron chi connectivity index (χ2n) is 4.45. The lowest BCUT2D eigenvalue weighted by Crippen LogP contribution is -2.33. The van der Waals surface area contributed by atoms with Gasteiger partial charge in [-0.1, -0.05) is 35.0 Å². The van der Waals surface area contributed by atoms with E-state index < -0.39 is 0 Å². The van der Waals surface area contributed by atoms with E-state index in [-0.39, 0.29) is 18.0 Å². The molecular formula is C13H17BrN2O. The average Bonchev–Trinajstić information content (AvgIpc) is 2.54. The first-order chi connectivity index (χ1) is 8.13. The topological polar surface area (TPSA) is 46.3 Å². The second-order valence-corrected chi connectivity index (χ2v) is 5.37. The summed E-state index contributed by atoms with van der Waals surface area (Å²) in [6, 6.07) is 7.99. The summed E-state index contributed by atoms with van der Waals surface area (Å²) in [4.78, 5) is 13.8. The molecule has 2 rings (SSSR count). The van der Waals surface area contributed by atoms with Gasteiger partial charge in [-0.05, 0) is 24.1 Å². The third-order valence-corrected chi connectivity index (χ3v) is 3.62. The Morgan fingerprint density at radius 2 is 2.29 bits per heavy atom. The normalized spacial score (nSPS) is 24.4. The summed E-state index contributed by atoms with van der Waals surface area (Å²) in [5, 5.41) is 0. The van der Waals surface area contributed by atoms with Crippen LogP contribution in [0.25, 0.3) is 0 Å². The first-order valence-electron chi connectivity index (χ1n) is 5.94. The van der Waals surface area contributed by atoms with Crippen LogP contribution in [-0.2, 0) is 4.79 Å². The fourth-order valence-corrected chi connectivity index (χ4v) is 2.86. The van der Waals surface area contributed by atoms with E-state index in [2.05, 4.69) is 22.9 Å². The zero-order chi connectivity index (χ0) is 12.4. The summed E-state index contributed by atoms with van der Waals surface area (Å²) in [5.41, 5.74) is 7.21. The summed E-state index contributed by atoms with van der Waals surface area (Å²) in [5.74, 6) is 0.171. The molecule has 0 spiro atoms. The first-order valence-corrected chi connectivity index (χ1v) is 6.73. The van der Waals surface area contributed by atoms with Gasteiger partial charge in [-0.15, -0.1) is 0 Å². The van der Waals surface area contributed by atoms with Gasteiger partial charge in [0.15, 0.2) is 0 Å². The van der Waals surface area contributed by atoms with Crippen molar-refractivity contribution in [2.75, 3.05) is 6.54 Å². The molecule has 0 aromatic heterocycles. The molecule has 2 unspecified atom stereocenters. The number of nitrogens with two attached hydrogens (primary N) is 1. The molecule has 0 radical (unpaired) electrons. The Morgan fingerprint density at radius 3 is 2.94 bits per heavy atom. The molecule has 1 aliphatic rings. The summed E-state index contributed by atoms with van der Waals surface area (Å²) in [7, 11) is 0. The highest BCUT2D eigenvalue weighted by Gasteiger charge is 2.37. The van der Waals surface area contributed by atoms with Crippen molar-refractivity contribution in [1.29, 1.82) is 0 Å². The molecule has 1 aromatic carbocycles. The maximum absolute atomic E-state index is 11.9. The van der Waals surface area contributed by atoms with Crippen LogP contribution in [0, 0.1) is 0 Å². The molecule has 4 heteroatoms. The molecule has 92 valence electrons. The molecule has 1 amide bonds. The van der Waals surface area contributed by atoms with Crippen LogP contribution < -0.4 is 5.73 Å². The van der Waals surface area contributed by atoms with Gasteiger partial charge in [-0.3, -0.25) is 4.79 Å². The Bertz CT molecular complexity index is 422. The molecule has 1 heterocycles. The third-order valence-electron chi connectivity index (χ3n) is 3.13. The number of carbonyl (C=O) groups is 1. The van der Waals surface area contributed by atoms with E-state index in [0.29, 0.717) is 6.42 Å². The van der Waals surface area contributed by atoms with Gasteiger partial charge in [0.05, 0.1) is 6.04 Å². The monoisotopic (exact) mass is 296 g/mol. The smallest absolute Gasteiger partial charge is 0.224 e. The zero-order valence-corrected chi connectivity index (χ0v) is 11.5. The molecule has 2 atom stereocenters. The highest BCUT2D eigenvalue weighted by molar-refractivity contribution is 9.10. The van der Waals surface area contributed by atoms with Crippen LogP contribution in [0.5, 0.6) is 0 Å². The minimum absolute atomic E-state index is 0.0277. The molecule has 0 bridgehead atoms. The molecule has 17 heavy (non-hydrogen) atoms. The molecule has 1 aromatic rings. The predicted molar refractivity (Wildman–Crippen MR) is 71.5 cm³/mol. The van der Waals surface area contributed by atoms with Crippen LogP contribution in [-0.4, -0.2) is 23.4 Å². The van der Waals surface area contributed by atoms with E-state index in [4.69, 9.17) is 5.73 Å². The van der Waals surface area contributed by atoms with E-state index in [0.717, 1.165) is 23.0 Å². The number of nitrogens with zero attached hydrogens (tertiary/aromatic N) is 1. The third kappa shape index (κ3) is 2.53. The largest absolute Gasteiger partial charge is 0.334 e. The maximum Gasteiger partial charge on any atom is 0.224 e. The van der Waals surface area contributed by atoms with Crippen LogP contribution in [0.1, 0.15) is 31.4 Å².